The third-order valence-corrected chi connectivity index (χ3v) is 3.94. The molecule has 0 radical (unpaired) electrons. The molecule has 0 aliphatic carbocycles. The highest BCUT2D eigenvalue weighted by Crippen LogP contribution is 2.24. The molecule has 0 unspecified atom stereocenters. The third kappa shape index (κ3) is 5.47. The number of ketones is 2. The smallest absolute Gasteiger partial charge is 0.450 e. The van der Waals surface area contributed by atoms with E-state index in [1.165, 1.54) is 24.3 Å². The number of carbonyl (C=O) groups is 2. The Labute approximate surface area is 151 Å². The van der Waals surface area contributed by atoms with E-state index in [1.807, 2.05) is 0 Å². The molecule has 0 fully saturated rings. The molecule has 0 N–H and O–H groups in total. The maximum absolute atomic E-state index is 12.2. The van der Waals surface area contributed by atoms with Crippen LogP contribution in [0.15, 0.2) is 42.5 Å². The van der Waals surface area contributed by atoms with Gasteiger partial charge in [-0.05, 0) is 42.0 Å². The molecule has 25 heavy (non-hydrogen) atoms. The molecule has 0 aliphatic rings. The van der Waals surface area contributed by atoms with Crippen molar-refractivity contribution in [2.75, 3.05) is 0 Å². The molecular formula is C17H11Cl2F3O3. The van der Waals surface area contributed by atoms with Gasteiger partial charge < -0.3 is 4.74 Å². The van der Waals surface area contributed by atoms with Crippen LogP contribution < -0.4 is 4.74 Å². The van der Waals surface area contributed by atoms with E-state index in [1.54, 1.807) is 18.2 Å². The lowest BCUT2D eigenvalue weighted by Crippen LogP contribution is -2.25. The minimum absolute atomic E-state index is 0.000475. The molecule has 2 rings (SSSR count). The molecule has 0 saturated heterocycles. The predicted octanol–water partition coefficient (Wildman–Crippen LogP) is 5.28. The van der Waals surface area contributed by atoms with Crippen LogP contribution >= 0.6 is 23.2 Å². The first kappa shape index (κ1) is 19.3. The van der Waals surface area contributed by atoms with E-state index >= 15 is 0 Å². The summed E-state index contributed by atoms with van der Waals surface area (Å²) in [5, 5.41) is 0.805. The molecular weight excluding hydrogens is 380 g/mol. The molecule has 0 heterocycles. The normalized spacial score (nSPS) is 11.2. The van der Waals surface area contributed by atoms with Crippen LogP contribution in [0.5, 0.6) is 5.75 Å². The van der Waals surface area contributed by atoms with Gasteiger partial charge in [-0.3, -0.25) is 9.59 Å². The Morgan fingerprint density at radius 1 is 0.960 bits per heavy atom. The highest BCUT2D eigenvalue weighted by Gasteiger charge is 2.39. The van der Waals surface area contributed by atoms with Gasteiger partial charge in [0.25, 0.3) is 0 Å². The zero-order valence-electron chi connectivity index (χ0n) is 12.6. The summed E-state index contributed by atoms with van der Waals surface area (Å²) < 4.78 is 42.0. The van der Waals surface area contributed by atoms with Crippen molar-refractivity contribution >= 4 is 34.8 Å². The molecule has 0 spiro atoms. The van der Waals surface area contributed by atoms with E-state index in [-0.39, 0.29) is 12.2 Å². The predicted molar refractivity (Wildman–Crippen MR) is 87.2 cm³/mol. The lowest BCUT2D eigenvalue weighted by atomic mass is 10.1. The minimum atomic E-state index is -5.02. The van der Waals surface area contributed by atoms with Crippen molar-refractivity contribution in [3.63, 3.8) is 0 Å². The van der Waals surface area contributed by atoms with E-state index in [0.717, 1.165) is 5.56 Å². The topological polar surface area (TPSA) is 43.4 Å². The Morgan fingerprint density at radius 3 is 2.16 bits per heavy atom. The zero-order valence-corrected chi connectivity index (χ0v) is 14.1. The van der Waals surface area contributed by atoms with Crippen LogP contribution in [0.2, 0.25) is 10.0 Å². The average molecular weight is 391 g/mol. The van der Waals surface area contributed by atoms with Crippen molar-refractivity contribution in [2.45, 2.75) is 19.2 Å². The number of hydrogen-bond donors (Lipinski definition) is 0. The van der Waals surface area contributed by atoms with E-state index < -0.39 is 24.2 Å². The van der Waals surface area contributed by atoms with Gasteiger partial charge in [0.1, 0.15) is 12.4 Å². The molecule has 0 aliphatic heterocycles. The number of alkyl halides is 3. The average Bonchev–Trinajstić information content (AvgIpc) is 2.55. The molecule has 3 nitrogen and oxygen atoms in total. The molecule has 0 bridgehead atoms. The van der Waals surface area contributed by atoms with E-state index in [2.05, 4.69) is 0 Å². The van der Waals surface area contributed by atoms with E-state index in [9.17, 15) is 22.8 Å². The molecule has 0 amide bonds. The minimum Gasteiger partial charge on any atom is -0.489 e. The summed E-state index contributed by atoms with van der Waals surface area (Å²) in [7, 11) is 0. The fraction of sp³-hybridized carbons (Fsp3) is 0.176. The Bertz CT molecular complexity index is 787. The Kier molecular flexibility index (Phi) is 6.08. The first-order chi connectivity index (χ1) is 11.7. The quantitative estimate of drug-likeness (QED) is 0.497. The fourth-order valence-electron chi connectivity index (χ4n) is 1.88. The second-order valence-corrected chi connectivity index (χ2v) is 5.90. The van der Waals surface area contributed by atoms with Crippen LogP contribution in [-0.2, 0) is 11.4 Å². The number of halogens is 5. The van der Waals surface area contributed by atoms with Crippen molar-refractivity contribution in [2.24, 2.45) is 0 Å². The molecule has 0 atom stereocenters. The van der Waals surface area contributed by atoms with Gasteiger partial charge in [0.05, 0.1) is 16.5 Å². The van der Waals surface area contributed by atoms with Crippen LogP contribution in [0, 0.1) is 0 Å². The summed E-state index contributed by atoms with van der Waals surface area (Å²) in [6.45, 7) is 0.191. The Balaban J connectivity index is 1.96. The monoisotopic (exact) mass is 390 g/mol. The maximum Gasteiger partial charge on any atom is 0.450 e. The van der Waals surface area contributed by atoms with Gasteiger partial charge in [0.2, 0.25) is 5.78 Å². The first-order valence-electron chi connectivity index (χ1n) is 6.97. The molecule has 0 aromatic heterocycles. The number of benzene rings is 2. The largest absolute Gasteiger partial charge is 0.489 e. The number of rotatable bonds is 6. The number of hydrogen-bond acceptors (Lipinski definition) is 3. The van der Waals surface area contributed by atoms with Gasteiger partial charge in [-0.25, -0.2) is 0 Å². The van der Waals surface area contributed by atoms with Gasteiger partial charge in [0.15, 0.2) is 5.78 Å². The third-order valence-electron chi connectivity index (χ3n) is 3.20. The summed E-state index contributed by atoms with van der Waals surface area (Å²) in [6, 6.07) is 10.5. The fourth-order valence-corrected chi connectivity index (χ4v) is 2.20. The summed E-state index contributed by atoms with van der Waals surface area (Å²) in [6.07, 6.45) is -6.23. The second-order valence-electron chi connectivity index (χ2n) is 5.08. The molecule has 2 aromatic carbocycles. The summed E-state index contributed by atoms with van der Waals surface area (Å²) in [4.78, 5) is 22.5. The van der Waals surface area contributed by atoms with Crippen molar-refractivity contribution in [3.8, 4) is 5.75 Å². The summed E-state index contributed by atoms with van der Waals surface area (Å²) >= 11 is 11.7. The highest BCUT2D eigenvalue weighted by atomic mass is 35.5. The lowest BCUT2D eigenvalue weighted by molar-refractivity contribution is -0.170. The molecule has 2 aromatic rings. The standard InChI is InChI=1S/C17H11Cl2F3O3/c18-13-6-1-10(7-14(13)19)9-25-12-4-2-11(3-5-12)15(23)8-16(24)17(20,21)22/h1-7H,8-9H2. The highest BCUT2D eigenvalue weighted by molar-refractivity contribution is 6.42. The maximum atomic E-state index is 12.2. The summed E-state index contributed by atoms with van der Waals surface area (Å²) in [5.74, 6) is -2.57. The van der Waals surface area contributed by atoms with Gasteiger partial charge in [0, 0.05) is 5.56 Å². The van der Waals surface area contributed by atoms with Gasteiger partial charge in [-0.15, -0.1) is 0 Å². The summed E-state index contributed by atoms with van der Waals surface area (Å²) in [5.41, 5.74) is 0.768. The number of carbonyl (C=O) groups excluding carboxylic acids is 2. The Morgan fingerprint density at radius 2 is 1.60 bits per heavy atom. The first-order valence-corrected chi connectivity index (χ1v) is 7.72. The zero-order chi connectivity index (χ0) is 18.6. The van der Waals surface area contributed by atoms with Crippen LogP contribution in [0.1, 0.15) is 22.3 Å². The van der Waals surface area contributed by atoms with Crippen LogP contribution in [0.3, 0.4) is 0 Å². The lowest BCUT2D eigenvalue weighted by Gasteiger charge is -2.08. The SMILES string of the molecule is O=C(CC(=O)C(F)(F)F)c1ccc(OCc2ccc(Cl)c(Cl)c2)cc1. The van der Waals surface area contributed by atoms with E-state index in [4.69, 9.17) is 27.9 Å². The molecule has 132 valence electrons. The van der Waals surface area contributed by atoms with Crippen LogP contribution in [-0.4, -0.2) is 17.7 Å². The number of Topliss-reactive ketones (excluding diaryl/α,β-unsaturated/α-hetero) is 2. The molecule has 0 saturated carbocycles. The van der Waals surface area contributed by atoms with Gasteiger partial charge in [-0.2, -0.15) is 13.2 Å². The van der Waals surface area contributed by atoms with Crippen molar-refractivity contribution in [1.29, 1.82) is 0 Å². The van der Waals surface area contributed by atoms with Gasteiger partial charge in [-0.1, -0.05) is 29.3 Å². The second kappa shape index (κ2) is 7.89. The van der Waals surface area contributed by atoms with Crippen molar-refractivity contribution < 1.29 is 27.5 Å². The van der Waals surface area contributed by atoms with E-state index in [0.29, 0.717) is 15.8 Å². The molecule has 8 heteroatoms. The van der Waals surface area contributed by atoms with Crippen molar-refractivity contribution in [3.05, 3.63) is 63.6 Å². The van der Waals surface area contributed by atoms with Crippen molar-refractivity contribution in [1.82, 2.24) is 0 Å². The van der Waals surface area contributed by atoms with Crippen LogP contribution in [0.4, 0.5) is 13.2 Å². The van der Waals surface area contributed by atoms with Gasteiger partial charge >= 0.3 is 6.18 Å². The van der Waals surface area contributed by atoms with Crippen LogP contribution in [0.25, 0.3) is 0 Å². The Hall–Kier alpha value is -2.05. The number of ether oxygens (including phenoxy) is 1.